The Balaban J connectivity index is 1.72. The Morgan fingerprint density at radius 1 is 1.03 bits per heavy atom. The van der Waals surface area contributed by atoms with Gasteiger partial charge in [-0.15, -0.1) is 0 Å². The molecule has 0 aliphatic carbocycles. The van der Waals surface area contributed by atoms with Crippen molar-refractivity contribution < 1.29 is 17.9 Å². The maximum Gasteiger partial charge on any atom is 0.244 e. The number of nitrogens with one attached hydrogen (secondary N) is 1. The third kappa shape index (κ3) is 4.84. The number of sulfonamides is 1. The molecule has 1 atom stereocenters. The standard InChI is InChI=1S/C26H26N2O4S/c1-19-16-17-28(33(30,31)25-11-7-6-10-23(19)25)24(18-20-8-4-3-5-9-20)26(29)27-21-12-14-22(32-2)15-13-21/h3-15,24H,1,16-18H2,2H3,(H,27,29)/t24-/m0/s1. The van der Waals surface area contributed by atoms with Crippen molar-refractivity contribution in [1.82, 2.24) is 4.31 Å². The van der Waals surface area contributed by atoms with Crippen molar-refractivity contribution in [3.05, 3.63) is 96.6 Å². The Morgan fingerprint density at radius 3 is 2.39 bits per heavy atom. The van der Waals surface area contributed by atoms with Gasteiger partial charge in [0.1, 0.15) is 11.8 Å². The molecule has 6 nitrogen and oxygen atoms in total. The summed E-state index contributed by atoms with van der Waals surface area (Å²) in [5, 5.41) is 2.88. The van der Waals surface area contributed by atoms with E-state index in [9.17, 15) is 13.2 Å². The summed E-state index contributed by atoms with van der Waals surface area (Å²) < 4.78 is 33.9. The first-order valence-corrected chi connectivity index (χ1v) is 12.1. The van der Waals surface area contributed by atoms with Crippen molar-refractivity contribution in [3.8, 4) is 5.75 Å². The summed E-state index contributed by atoms with van der Waals surface area (Å²) in [6.07, 6.45) is 0.689. The highest BCUT2D eigenvalue weighted by Gasteiger charge is 2.39. The molecule has 170 valence electrons. The molecule has 3 aromatic carbocycles. The normalized spacial score (nSPS) is 16.3. The molecule has 0 saturated heterocycles. The average Bonchev–Trinajstić information content (AvgIpc) is 2.93. The van der Waals surface area contributed by atoms with E-state index in [1.165, 1.54) is 4.31 Å². The summed E-state index contributed by atoms with van der Waals surface area (Å²) in [5.41, 5.74) is 2.79. The van der Waals surface area contributed by atoms with Crippen LogP contribution in [0.2, 0.25) is 0 Å². The molecule has 1 aliphatic heterocycles. The topological polar surface area (TPSA) is 75.7 Å². The number of carbonyl (C=O) groups excluding carboxylic acids is 1. The van der Waals surface area contributed by atoms with Gasteiger partial charge >= 0.3 is 0 Å². The van der Waals surface area contributed by atoms with E-state index in [0.29, 0.717) is 23.4 Å². The maximum atomic E-state index is 13.7. The van der Waals surface area contributed by atoms with E-state index < -0.39 is 22.0 Å². The van der Waals surface area contributed by atoms with E-state index in [4.69, 9.17) is 4.74 Å². The van der Waals surface area contributed by atoms with Crippen LogP contribution in [-0.4, -0.2) is 38.3 Å². The first kappa shape index (κ1) is 22.8. The fourth-order valence-electron chi connectivity index (χ4n) is 4.00. The molecule has 0 aromatic heterocycles. The number of hydrogen-bond donors (Lipinski definition) is 1. The van der Waals surface area contributed by atoms with Gasteiger partial charge in [-0.2, -0.15) is 4.31 Å². The van der Waals surface area contributed by atoms with Gasteiger partial charge in [-0.3, -0.25) is 4.79 Å². The highest BCUT2D eigenvalue weighted by molar-refractivity contribution is 7.89. The smallest absolute Gasteiger partial charge is 0.244 e. The molecule has 0 saturated carbocycles. The van der Waals surface area contributed by atoms with Crippen molar-refractivity contribution in [2.24, 2.45) is 0 Å². The second-order valence-electron chi connectivity index (χ2n) is 7.89. The van der Waals surface area contributed by atoms with Crippen molar-refractivity contribution in [3.63, 3.8) is 0 Å². The van der Waals surface area contributed by atoms with E-state index in [2.05, 4.69) is 11.9 Å². The van der Waals surface area contributed by atoms with Gasteiger partial charge in [0.15, 0.2) is 0 Å². The summed E-state index contributed by atoms with van der Waals surface area (Å²) in [6, 6.07) is 22.3. The van der Waals surface area contributed by atoms with Crippen molar-refractivity contribution in [2.75, 3.05) is 19.0 Å². The van der Waals surface area contributed by atoms with Crippen LogP contribution in [0, 0.1) is 0 Å². The molecule has 3 aromatic rings. The van der Waals surface area contributed by atoms with Crippen molar-refractivity contribution in [1.29, 1.82) is 0 Å². The van der Waals surface area contributed by atoms with Crippen molar-refractivity contribution in [2.45, 2.75) is 23.8 Å². The zero-order valence-electron chi connectivity index (χ0n) is 18.4. The highest BCUT2D eigenvalue weighted by atomic mass is 32.2. The lowest BCUT2D eigenvalue weighted by atomic mass is 10.0. The van der Waals surface area contributed by atoms with Gasteiger partial charge in [-0.05, 0) is 59.9 Å². The molecule has 1 amide bonds. The minimum atomic E-state index is -3.93. The quantitative estimate of drug-likeness (QED) is 0.591. The van der Waals surface area contributed by atoms with E-state index in [0.717, 1.165) is 11.1 Å². The van der Waals surface area contributed by atoms with Crippen LogP contribution in [0.15, 0.2) is 90.3 Å². The maximum absolute atomic E-state index is 13.7. The van der Waals surface area contributed by atoms with E-state index in [-0.39, 0.29) is 17.9 Å². The Morgan fingerprint density at radius 2 is 1.70 bits per heavy atom. The number of nitrogens with zero attached hydrogens (tertiary/aromatic N) is 1. The summed E-state index contributed by atoms with van der Waals surface area (Å²) >= 11 is 0. The summed E-state index contributed by atoms with van der Waals surface area (Å²) in [4.78, 5) is 13.7. The fourth-order valence-corrected chi connectivity index (χ4v) is 5.83. The lowest BCUT2D eigenvalue weighted by Crippen LogP contribution is -2.48. The molecular weight excluding hydrogens is 436 g/mol. The van der Waals surface area contributed by atoms with Crippen LogP contribution in [0.25, 0.3) is 5.57 Å². The van der Waals surface area contributed by atoms with Crippen LogP contribution in [0.3, 0.4) is 0 Å². The molecule has 1 heterocycles. The first-order chi connectivity index (χ1) is 15.9. The van der Waals surface area contributed by atoms with E-state index >= 15 is 0 Å². The summed E-state index contributed by atoms with van der Waals surface area (Å²) in [7, 11) is -2.36. The zero-order valence-corrected chi connectivity index (χ0v) is 19.2. The number of ether oxygens (including phenoxy) is 1. The predicted molar refractivity (Wildman–Crippen MR) is 130 cm³/mol. The third-order valence-corrected chi connectivity index (χ3v) is 7.73. The fraction of sp³-hybridized carbons (Fsp3) is 0.192. The Labute approximate surface area is 194 Å². The molecule has 33 heavy (non-hydrogen) atoms. The molecule has 0 unspecified atom stereocenters. The van der Waals surface area contributed by atoms with Gasteiger partial charge in [0, 0.05) is 12.2 Å². The second kappa shape index (κ2) is 9.60. The van der Waals surface area contributed by atoms with Gasteiger partial charge in [-0.25, -0.2) is 8.42 Å². The molecular formula is C26H26N2O4S. The minimum Gasteiger partial charge on any atom is -0.497 e. The van der Waals surface area contributed by atoms with Gasteiger partial charge in [0.05, 0.1) is 12.0 Å². The Kier molecular flexibility index (Phi) is 6.62. The van der Waals surface area contributed by atoms with Crippen LogP contribution < -0.4 is 10.1 Å². The largest absolute Gasteiger partial charge is 0.497 e. The number of carbonyl (C=O) groups is 1. The molecule has 0 fully saturated rings. The number of amides is 1. The van der Waals surface area contributed by atoms with E-state index in [1.807, 2.05) is 30.3 Å². The van der Waals surface area contributed by atoms with Gasteiger partial charge in [-0.1, -0.05) is 55.1 Å². The minimum absolute atomic E-state index is 0.170. The third-order valence-electron chi connectivity index (χ3n) is 5.77. The number of methoxy groups -OCH3 is 1. The average molecular weight is 463 g/mol. The number of rotatable bonds is 6. The SMILES string of the molecule is C=C1CCN([C@@H](Cc2ccccc2)C(=O)Nc2ccc(OC)cc2)S(=O)(=O)c2ccccc21. The van der Waals surface area contributed by atoms with Crippen LogP contribution in [0.4, 0.5) is 5.69 Å². The molecule has 7 heteroatoms. The number of hydrogen-bond acceptors (Lipinski definition) is 4. The van der Waals surface area contributed by atoms with Crippen LogP contribution in [-0.2, 0) is 21.2 Å². The van der Waals surface area contributed by atoms with Gasteiger partial charge in [0.2, 0.25) is 15.9 Å². The second-order valence-corrected chi connectivity index (χ2v) is 9.75. The molecule has 4 rings (SSSR count). The molecule has 1 N–H and O–H groups in total. The van der Waals surface area contributed by atoms with Crippen molar-refractivity contribution >= 4 is 27.2 Å². The molecule has 0 spiro atoms. The predicted octanol–water partition coefficient (Wildman–Crippen LogP) is 4.35. The van der Waals surface area contributed by atoms with Crippen LogP contribution >= 0.6 is 0 Å². The number of benzene rings is 3. The first-order valence-electron chi connectivity index (χ1n) is 10.7. The molecule has 1 aliphatic rings. The summed E-state index contributed by atoms with van der Waals surface area (Å²) in [6.45, 7) is 4.25. The molecule has 0 bridgehead atoms. The lowest BCUT2D eigenvalue weighted by Gasteiger charge is -2.29. The Hall–Kier alpha value is -3.42. The lowest BCUT2D eigenvalue weighted by molar-refractivity contribution is -0.119. The summed E-state index contributed by atoms with van der Waals surface area (Å²) in [5.74, 6) is 0.275. The molecule has 0 radical (unpaired) electrons. The number of fused-ring (bicyclic) bond motifs is 1. The van der Waals surface area contributed by atoms with E-state index in [1.54, 1.807) is 55.6 Å². The van der Waals surface area contributed by atoms with Gasteiger partial charge < -0.3 is 10.1 Å². The Bertz CT molecular complexity index is 1250. The number of anilines is 1. The monoisotopic (exact) mass is 462 g/mol. The van der Waals surface area contributed by atoms with Crippen LogP contribution in [0.5, 0.6) is 5.75 Å². The van der Waals surface area contributed by atoms with Gasteiger partial charge in [0.25, 0.3) is 0 Å². The zero-order chi connectivity index (χ0) is 23.4. The van der Waals surface area contributed by atoms with Crippen LogP contribution in [0.1, 0.15) is 17.5 Å². The highest BCUT2D eigenvalue weighted by Crippen LogP contribution is 2.33.